The largest absolute Gasteiger partial charge is 0.481 e. The van der Waals surface area contributed by atoms with Gasteiger partial charge in [0.2, 0.25) is 5.91 Å². The minimum absolute atomic E-state index is 0.0387. The van der Waals surface area contributed by atoms with Gasteiger partial charge in [0.25, 0.3) is 0 Å². The second-order valence-corrected chi connectivity index (χ2v) is 8.73. The van der Waals surface area contributed by atoms with Gasteiger partial charge in [-0.1, -0.05) is 81.6 Å². The number of carbonyl (C=O) groups excluding carboxylic acids is 2. The highest BCUT2D eigenvalue weighted by atomic mass is 16.5. The van der Waals surface area contributed by atoms with E-state index in [0.717, 1.165) is 35.1 Å². The van der Waals surface area contributed by atoms with Crippen LogP contribution in [-0.4, -0.2) is 42.3 Å². The first-order valence-corrected chi connectivity index (χ1v) is 12.1. The van der Waals surface area contributed by atoms with Crippen molar-refractivity contribution in [2.24, 2.45) is 5.92 Å². The fourth-order valence-electron chi connectivity index (χ4n) is 4.47. The molecule has 3 N–H and O–H groups in total. The van der Waals surface area contributed by atoms with Crippen LogP contribution in [0.2, 0.25) is 0 Å². The third-order valence-corrected chi connectivity index (χ3v) is 6.31. The second kappa shape index (κ2) is 12.2. The Bertz CT molecular complexity index is 961. The predicted octanol–water partition coefficient (Wildman–Crippen LogP) is 4.70. The summed E-state index contributed by atoms with van der Waals surface area (Å²) in [6.07, 6.45) is 2.61. The molecule has 7 nitrogen and oxygen atoms in total. The summed E-state index contributed by atoms with van der Waals surface area (Å²) in [6.45, 7) is 4.11. The summed E-state index contributed by atoms with van der Waals surface area (Å²) in [7, 11) is 0. The molecule has 3 rings (SSSR count). The van der Waals surface area contributed by atoms with E-state index in [1.807, 2.05) is 50.2 Å². The molecule has 7 heteroatoms. The molecule has 0 spiro atoms. The Morgan fingerprint density at radius 2 is 1.56 bits per heavy atom. The quantitative estimate of drug-likeness (QED) is 0.421. The fraction of sp³-hybridized carbons (Fsp3) is 0.444. The van der Waals surface area contributed by atoms with Crippen molar-refractivity contribution in [3.8, 4) is 11.1 Å². The Hall–Kier alpha value is -3.35. The van der Waals surface area contributed by atoms with Crippen LogP contribution in [0.5, 0.6) is 0 Å². The molecule has 34 heavy (non-hydrogen) atoms. The van der Waals surface area contributed by atoms with Crippen LogP contribution in [0.1, 0.15) is 63.0 Å². The van der Waals surface area contributed by atoms with Gasteiger partial charge in [0.1, 0.15) is 12.6 Å². The molecule has 0 saturated carbocycles. The molecule has 2 atom stereocenters. The number of amides is 2. The molecule has 0 bridgehead atoms. The highest BCUT2D eigenvalue weighted by molar-refractivity contribution is 5.86. The van der Waals surface area contributed by atoms with E-state index in [2.05, 4.69) is 22.8 Å². The maximum absolute atomic E-state index is 12.7. The fourth-order valence-corrected chi connectivity index (χ4v) is 4.47. The number of carboxylic acids is 1. The van der Waals surface area contributed by atoms with Crippen molar-refractivity contribution < 1.29 is 24.2 Å². The zero-order valence-electron chi connectivity index (χ0n) is 19.9. The van der Waals surface area contributed by atoms with Gasteiger partial charge in [0, 0.05) is 12.5 Å². The van der Waals surface area contributed by atoms with Crippen molar-refractivity contribution in [3.05, 3.63) is 59.7 Å². The number of hydrogen-bond acceptors (Lipinski definition) is 4. The van der Waals surface area contributed by atoms with E-state index < -0.39 is 24.0 Å². The van der Waals surface area contributed by atoms with Gasteiger partial charge in [0.05, 0.1) is 5.92 Å². The van der Waals surface area contributed by atoms with Crippen LogP contribution in [0, 0.1) is 5.92 Å². The molecule has 0 radical (unpaired) electrons. The normalized spacial score (nSPS) is 13.9. The number of carboxylic acid groups (broad SMARTS) is 1. The zero-order valence-corrected chi connectivity index (χ0v) is 19.9. The van der Waals surface area contributed by atoms with Crippen molar-refractivity contribution in [1.82, 2.24) is 10.6 Å². The maximum atomic E-state index is 12.7. The zero-order chi connectivity index (χ0) is 24.5. The molecule has 2 amide bonds. The average Bonchev–Trinajstić information content (AvgIpc) is 3.16. The first-order valence-electron chi connectivity index (χ1n) is 12.1. The number of ether oxygens (including phenoxy) is 1. The van der Waals surface area contributed by atoms with Gasteiger partial charge < -0.3 is 20.5 Å². The molecule has 2 aromatic carbocycles. The lowest BCUT2D eigenvalue weighted by molar-refractivity contribution is -0.142. The number of rotatable bonds is 12. The molecular weight excluding hydrogens is 432 g/mol. The Kier molecular flexibility index (Phi) is 9.08. The van der Waals surface area contributed by atoms with E-state index in [1.165, 1.54) is 0 Å². The van der Waals surface area contributed by atoms with Crippen molar-refractivity contribution in [3.63, 3.8) is 0 Å². The van der Waals surface area contributed by atoms with Crippen LogP contribution in [0.3, 0.4) is 0 Å². The van der Waals surface area contributed by atoms with Gasteiger partial charge in [-0.05, 0) is 35.1 Å². The number of fused-ring (bicyclic) bond motifs is 3. The van der Waals surface area contributed by atoms with Crippen LogP contribution >= 0.6 is 0 Å². The summed E-state index contributed by atoms with van der Waals surface area (Å²) in [6, 6.07) is 15.4. The molecule has 1 aliphatic carbocycles. The smallest absolute Gasteiger partial charge is 0.407 e. The van der Waals surface area contributed by atoms with Crippen LogP contribution in [0.15, 0.2) is 48.5 Å². The highest BCUT2D eigenvalue weighted by Gasteiger charge is 2.30. The number of nitrogens with one attached hydrogen (secondary N) is 2. The summed E-state index contributed by atoms with van der Waals surface area (Å²) in [4.78, 5) is 36.7. The highest BCUT2D eigenvalue weighted by Crippen LogP contribution is 2.44. The average molecular weight is 467 g/mol. The minimum Gasteiger partial charge on any atom is -0.481 e. The Balaban J connectivity index is 1.61. The van der Waals surface area contributed by atoms with E-state index in [-0.39, 0.29) is 25.0 Å². The summed E-state index contributed by atoms with van der Waals surface area (Å²) >= 11 is 0. The van der Waals surface area contributed by atoms with Gasteiger partial charge in [-0.25, -0.2) is 4.79 Å². The van der Waals surface area contributed by atoms with Crippen LogP contribution in [-0.2, 0) is 14.3 Å². The van der Waals surface area contributed by atoms with Crippen molar-refractivity contribution in [2.45, 2.75) is 57.9 Å². The lowest BCUT2D eigenvalue weighted by Gasteiger charge is -2.20. The molecule has 0 aromatic heterocycles. The standard InChI is InChI=1S/C27H34N2O5/c1-3-5-15-24(25(30)28-16-18(10-4-2)26(31)32)29-27(33)34-17-23-21-13-8-6-11-19(21)20-12-7-9-14-22(20)23/h6-9,11-14,18,23-24H,3-5,10,15-17H2,1-2H3,(H,28,30)(H,29,33)(H,31,32). The molecule has 0 heterocycles. The number of carbonyl (C=O) groups is 3. The molecule has 0 saturated heterocycles. The Labute approximate surface area is 200 Å². The lowest BCUT2D eigenvalue weighted by atomic mass is 9.98. The molecule has 0 aliphatic heterocycles. The van der Waals surface area contributed by atoms with Gasteiger partial charge in [-0.15, -0.1) is 0 Å². The van der Waals surface area contributed by atoms with Crippen molar-refractivity contribution >= 4 is 18.0 Å². The molecule has 2 aromatic rings. The molecule has 2 unspecified atom stereocenters. The van der Waals surface area contributed by atoms with E-state index in [0.29, 0.717) is 19.3 Å². The first-order chi connectivity index (χ1) is 16.5. The molecule has 182 valence electrons. The van der Waals surface area contributed by atoms with E-state index in [9.17, 15) is 19.5 Å². The van der Waals surface area contributed by atoms with Crippen molar-refractivity contribution in [1.29, 1.82) is 0 Å². The molecule has 1 aliphatic rings. The van der Waals surface area contributed by atoms with Gasteiger partial charge in [0.15, 0.2) is 0 Å². The van der Waals surface area contributed by atoms with Gasteiger partial charge in [-0.3, -0.25) is 9.59 Å². The van der Waals surface area contributed by atoms with Crippen LogP contribution in [0.25, 0.3) is 11.1 Å². The topological polar surface area (TPSA) is 105 Å². The van der Waals surface area contributed by atoms with Gasteiger partial charge in [-0.2, -0.15) is 0 Å². The third kappa shape index (κ3) is 6.16. The lowest BCUT2D eigenvalue weighted by Crippen LogP contribution is -2.48. The Morgan fingerprint density at radius 1 is 0.941 bits per heavy atom. The number of hydrogen-bond donors (Lipinski definition) is 3. The predicted molar refractivity (Wildman–Crippen MR) is 131 cm³/mol. The monoisotopic (exact) mass is 466 g/mol. The van der Waals surface area contributed by atoms with Crippen LogP contribution in [0.4, 0.5) is 4.79 Å². The summed E-state index contributed by atoms with van der Waals surface area (Å²) in [5, 5.41) is 14.7. The van der Waals surface area contributed by atoms with E-state index in [4.69, 9.17) is 4.74 Å². The van der Waals surface area contributed by atoms with E-state index >= 15 is 0 Å². The molecule has 0 fully saturated rings. The summed E-state index contributed by atoms with van der Waals surface area (Å²) in [5.41, 5.74) is 4.53. The third-order valence-electron chi connectivity index (χ3n) is 6.31. The van der Waals surface area contributed by atoms with Crippen LogP contribution < -0.4 is 10.6 Å². The summed E-state index contributed by atoms with van der Waals surface area (Å²) in [5.74, 6) is -2.03. The number of aliphatic carboxylic acids is 1. The second-order valence-electron chi connectivity index (χ2n) is 8.73. The number of unbranched alkanes of at least 4 members (excludes halogenated alkanes) is 1. The first kappa shape index (κ1) is 25.3. The number of alkyl carbamates (subject to hydrolysis) is 1. The van der Waals surface area contributed by atoms with Gasteiger partial charge >= 0.3 is 12.1 Å². The molecular formula is C27H34N2O5. The Morgan fingerprint density at radius 3 is 2.12 bits per heavy atom. The maximum Gasteiger partial charge on any atom is 0.407 e. The van der Waals surface area contributed by atoms with E-state index in [1.54, 1.807) is 0 Å². The number of benzene rings is 2. The minimum atomic E-state index is -0.934. The van der Waals surface area contributed by atoms with Crippen molar-refractivity contribution in [2.75, 3.05) is 13.2 Å². The SMILES string of the molecule is CCCCC(NC(=O)OCC1c2ccccc2-c2ccccc21)C(=O)NCC(CCC)C(=O)O. The summed E-state index contributed by atoms with van der Waals surface area (Å²) < 4.78 is 5.58.